The zero-order valence-corrected chi connectivity index (χ0v) is 9.02. The van der Waals surface area contributed by atoms with E-state index in [0.717, 1.165) is 12.8 Å². The van der Waals surface area contributed by atoms with Crippen molar-refractivity contribution >= 4 is 14.1 Å². The van der Waals surface area contributed by atoms with Crippen molar-refractivity contribution in [2.24, 2.45) is 0 Å². The summed E-state index contributed by atoms with van der Waals surface area (Å²) < 4.78 is 5.64. The molecule has 0 bridgehead atoms. The minimum atomic E-state index is -1.58. The van der Waals surface area contributed by atoms with Gasteiger partial charge in [-0.2, -0.15) is 0 Å². The third kappa shape index (κ3) is 2.81. The largest absolute Gasteiger partial charge is 0.542 e. The van der Waals surface area contributed by atoms with Gasteiger partial charge in [0, 0.05) is 6.42 Å². The molecule has 0 radical (unpaired) electrons. The highest BCUT2D eigenvalue weighted by Crippen LogP contribution is 2.19. The summed E-state index contributed by atoms with van der Waals surface area (Å²) in [6.07, 6.45) is 4.57. The summed E-state index contributed by atoms with van der Waals surface area (Å²) in [5, 5.41) is 0. The smallest absolute Gasteiger partial charge is 0.242 e. The number of allylic oxidation sites excluding steroid dienone is 2. The van der Waals surface area contributed by atoms with E-state index in [1.54, 1.807) is 0 Å². The number of hydrogen-bond acceptors (Lipinski definition) is 2. The average molecular weight is 184 g/mol. The topological polar surface area (TPSA) is 26.3 Å². The molecule has 0 aromatic rings. The van der Waals surface area contributed by atoms with E-state index in [4.69, 9.17) is 4.43 Å². The van der Waals surface area contributed by atoms with Crippen molar-refractivity contribution in [2.75, 3.05) is 0 Å². The SMILES string of the molecule is C[Si](C)(C)OC1=CCCCC1=O. The predicted octanol–water partition coefficient (Wildman–Crippen LogP) is 2.47. The molecular formula is C9H16O2Si. The summed E-state index contributed by atoms with van der Waals surface area (Å²) in [6.45, 7) is 6.28. The lowest BCUT2D eigenvalue weighted by Gasteiger charge is -2.22. The second kappa shape index (κ2) is 3.43. The van der Waals surface area contributed by atoms with Crippen LogP contribution in [0.1, 0.15) is 19.3 Å². The summed E-state index contributed by atoms with van der Waals surface area (Å²) in [4.78, 5) is 11.3. The Morgan fingerprint density at radius 3 is 2.58 bits per heavy atom. The molecule has 0 fully saturated rings. The first-order valence-corrected chi connectivity index (χ1v) is 7.82. The molecule has 0 unspecified atom stereocenters. The molecule has 0 N–H and O–H groups in total. The fourth-order valence-electron chi connectivity index (χ4n) is 1.16. The van der Waals surface area contributed by atoms with Crippen LogP contribution in [0.15, 0.2) is 11.8 Å². The molecule has 0 heterocycles. The summed E-state index contributed by atoms with van der Waals surface area (Å²) in [6, 6.07) is 0. The first kappa shape index (κ1) is 9.51. The standard InChI is InChI=1S/C9H16O2Si/c1-12(2,3)11-9-7-5-4-6-8(9)10/h7H,4-6H2,1-3H3. The maximum Gasteiger partial charge on any atom is 0.242 e. The number of Topliss-reactive ketones (excluding diaryl/α,β-unsaturated/α-hetero) is 1. The predicted molar refractivity (Wildman–Crippen MR) is 51.4 cm³/mol. The fourth-order valence-corrected chi connectivity index (χ4v) is 2.02. The molecule has 0 spiro atoms. The zero-order chi connectivity index (χ0) is 9.19. The number of hydrogen-bond donors (Lipinski definition) is 0. The van der Waals surface area contributed by atoms with Gasteiger partial charge < -0.3 is 4.43 Å². The Morgan fingerprint density at radius 1 is 1.42 bits per heavy atom. The normalized spacial score (nSPS) is 18.9. The van der Waals surface area contributed by atoms with E-state index in [1.807, 2.05) is 6.08 Å². The van der Waals surface area contributed by atoms with Gasteiger partial charge in [0.2, 0.25) is 8.32 Å². The molecule has 12 heavy (non-hydrogen) atoms. The third-order valence-electron chi connectivity index (χ3n) is 1.63. The summed E-state index contributed by atoms with van der Waals surface area (Å²) in [5.41, 5.74) is 0. The lowest BCUT2D eigenvalue weighted by molar-refractivity contribution is -0.118. The Labute approximate surface area is 74.7 Å². The molecule has 0 aromatic carbocycles. The third-order valence-corrected chi connectivity index (χ3v) is 2.46. The van der Waals surface area contributed by atoms with Crippen molar-refractivity contribution < 1.29 is 9.22 Å². The highest BCUT2D eigenvalue weighted by atomic mass is 28.4. The van der Waals surface area contributed by atoms with Crippen LogP contribution in [-0.2, 0) is 9.22 Å². The van der Waals surface area contributed by atoms with E-state index in [-0.39, 0.29) is 5.78 Å². The van der Waals surface area contributed by atoms with Gasteiger partial charge in [0.05, 0.1) is 0 Å². The quantitative estimate of drug-likeness (QED) is 0.616. The molecule has 2 nitrogen and oxygen atoms in total. The van der Waals surface area contributed by atoms with Gasteiger partial charge in [-0.25, -0.2) is 0 Å². The van der Waals surface area contributed by atoms with Crippen LogP contribution in [0.4, 0.5) is 0 Å². The van der Waals surface area contributed by atoms with E-state index in [9.17, 15) is 4.79 Å². The molecule has 68 valence electrons. The molecule has 0 aromatic heterocycles. The monoisotopic (exact) mass is 184 g/mol. The van der Waals surface area contributed by atoms with E-state index >= 15 is 0 Å². The zero-order valence-electron chi connectivity index (χ0n) is 8.02. The van der Waals surface area contributed by atoms with Crippen LogP contribution in [0.25, 0.3) is 0 Å². The summed E-state index contributed by atoms with van der Waals surface area (Å²) in [5.74, 6) is 0.809. The molecular weight excluding hydrogens is 168 g/mol. The Kier molecular flexibility index (Phi) is 2.72. The van der Waals surface area contributed by atoms with Crippen molar-refractivity contribution in [3.63, 3.8) is 0 Å². The Balaban J connectivity index is 2.62. The van der Waals surface area contributed by atoms with Gasteiger partial charge in [0.25, 0.3) is 0 Å². The van der Waals surface area contributed by atoms with Crippen LogP contribution >= 0.6 is 0 Å². The van der Waals surface area contributed by atoms with Gasteiger partial charge in [-0.05, 0) is 38.6 Å². The van der Waals surface area contributed by atoms with Crippen molar-refractivity contribution in [3.8, 4) is 0 Å². The molecule has 0 aliphatic heterocycles. The number of rotatable bonds is 2. The number of carbonyl (C=O) groups is 1. The van der Waals surface area contributed by atoms with Gasteiger partial charge in [0.1, 0.15) is 5.76 Å². The maximum atomic E-state index is 11.3. The fraction of sp³-hybridized carbons (Fsp3) is 0.667. The lowest BCUT2D eigenvalue weighted by atomic mass is 10.1. The minimum Gasteiger partial charge on any atom is -0.542 e. The van der Waals surface area contributed by atoms with E-state index in [1.165, 1.54) is 0 Å². The first-order chi connectivity index (χ1) is 5.49. The van der Waals surface area contributed by atoms with Crippen molar-refractivity contribution in [1.82, 2.24) is 0 Å². The van der Waals surface area contributed by atoms with Crippen LogP contribution < -0.4 is 0 Å². The maximum absolute atomic E-state index is 11.3. The molecule has 0 saturated carbocycles. The Hall–Kier alpha value is -0.573. The number of carbonyl (C=O) groups excluding carboxylic acids is 1. The molecule has 3 heteroatoms. The van der Waals surface area contributed by atoms with Gasteiger partial charge in [-0.3, -0.25) is 4.79 Å². The highest BCUT2D eigenvalue weighted by molar-refractivity contribution is 6.70. The van der Waals surface area contributed by atoms with E-state index in [0.29, 0.717) is 12.2 Å². The van der Waals surface area contributed by atoms with Gasteiger partial charge >= 0.3 is 0 Å². The minimum absolute atomic E-state index is 0.184. The van der Waals surface area contributed by atoms with Crippen LogP contribution in [0, 0.1) is 0 Å². The van der Waals surface area contributed by atoms with Crippen LogP contribution in [-0.4, -0.2) is 14.1 Å². The second-order valence-corrected chi connectivity index (χ2v) is 8.53. The molecule has 0 atom stereocenters. The van der Waals surface area contributed by atoms with Crippen LogP contribution in [0.2, 0.25) is 19.6 Å². The Bertz CT molecular complexity index is 213. The van der Waals surface area contributed by atoms with E-state index in [2.05, 4.69) is 19.6 Å². The number of ketones is 1. The highest BCUT2D eigenvalue weighted by Gasteiger charge is 2.22. The van der Waals surface area contributed by atoms with Crippen LogP contribution in [0.3, 0.4) is 0 Å². The molecule has 0 amide bonds. The molecule has 1 rings (SSSR count). The summed E-state index contributed by atoms with van der Waals surface area (Å²) >= 11 is 0. The molecule has 1 aliphatic rings. The first-order valence-electron chi connectivity index (χ1n) is 4.41. The van der Waals surface area contributed by atoms with Crippen LogP contribution in [0.5, 0.6) is 0 Å². The average Bonchev–Trinajstić information content (AvgIpc) is 1.91. The second-order valence-electron chi connectivity index (χ2n) is 4.10. The Morgan fingerprint density at radius 2 is 2.08 bits per heavy atom. The van der Waals surface area contributed by atoms with Crippen molar-refractivity contribution in [3.05, 3.63) is 11.8 Å². The molecule has 1 aliphatic carbocycles. The summed E-state index contributed by atoms with van der Waals surface area (Å²) in [7, 11) is -1.58. The molecule has 0 saturated heterocycles. The van der Waals surface area contributed by atoms with Gasteiger partial charge in [-0.1, -0.05) is 0 Å². The van der Waals surface area contributed by atoms with Crippen molar-refractivity contribution in [1.29, 1.82) is 0 Å². The van der Waals surface area contributed by atoms with Gasteiger partial charge in [0.15, 0.2) is 5.78 Å². The van der Waals surface area contributed by atoms with Gasteiger partial charge in [-0.15, -0.1) is 0 Å². The van der Waals surface area contributed by atoms with E-state index < -0.39 is 8.32 Å². The lowest BCUT2D eigenvalue weighted by Crippen LogP contribution is -2.28. The van der Waals surface area contributed by atoms with Crippen molar-refractivity contribution in [2.45, 2.75) is 38.9 Å².